The van der Waals surface area contributed by atoms with E-state index in [1.807, 2.05) is 0 Å². The van der Waals surface area contributed by atoms with E-state index >= 15 is 0 Å². The van der Waals surface area contributed by atoms with Gasteiger partial charge >= 0.3 is 0 Å². The highest BCUT2D eigenvalue weighted by molar-refractivity contribution is 5.83. The van der Waals surface area contributed by atoms with Gasteiger partial charge in [-0.1, -0.05) is 0 Å². The summed E-state index contributed by atoms with van der Waals surface area (Å²) in [5, 5.41) is 2.80. The first kappa shape index (κ1) is 13.4. The minimum atomic E-state index is -0.533. The Bertz CT molecular complexity index is 473. The molecule has 1 fully saturated rings. The highest BCUT2D eigenvalue weighted by Crippen LogP contribution is 2.25. The summed E-state index contributed by atoms with van der Waals surface area (Å²) in [5.74, 6) is 0.878. The van der Waals surface area contributed by atoms with Gasteiger partial charge in [-0.3, -0.25) is 9.59 Å². The van der Waals surface area contributed by atoms with E-state index in [9.17, 15) is 9.59 Å². The zero-order valence-electron chi connectivity index (χ0n) is 10.8. The van der Waals surface area contributed by atoms with Gasteiger partial charge in [0.2, 0.25) is 0 Å². The molecule has 0 radical (unpaired) electrons. The molecule has 0 bridgehead atoms. The van der Waals surface area contributed by atoms with Crippen molar-refractivity contribution >= 4 is 12.2 Å². The number of amides is 1. The standard InChI is InChI=1S/C14H17NO4/c1-18-11-5-6-12(10(8-11)9-16)19-13-4-2-3-7-15-14(13)17/h5-6,8-9,13H,2-4,7H2,1H3,(H,15,17). The molecular formula is C14H17NO4. The summed E-state index contributed by atoms with van der Waals surface area (Å²) in [6.07, 6.45) is 2.71. The van der Waals surface area contributed by atoms with Crippen LogP contribution in [0.3, 0.4) is 0 Å². The van der Waals surface area contributed by atoms with Crippen molar-refractivity contribution in [1.82, 2.24) is 5.32 Å². The smallest absolute Gasteiger partial charge is 0.261 e. The SMILES string of the molecule is COc1ccc(OC2CCCCNC2=O)c(C=O)c1. The molecular weight excluding hydrogens is 246 g/mol. The van der Waals surface area contributed by atoms with Crippen molar-refractivity contribution in [1.29, 1.82) is 0 Å². The molecule has 1 amide bonds. The number of rotatable bonds is 4. The summed E-state index contributed by atoms with van der Waals surface area (Å²) >= 11 is 0. The first-order valence-corrected chi connectivity index (χ1v) is 6.32. The Morgan fingerprint density at radius 1 is 1.37 bits per heavy atom. The van der Waals surface area contributed by atoms with Crippen LogP contribution in [0.25, 0.3) is 0 Å². The van der Waals surface area contributed by atoms with E-state index in [0.29, 0.717) is 36.3 Å². The molecule has 2 rings (SSSR count). The lowest BCUT2D eigenvalue weighted by atomic mass is 10.1. The maximum absolute atomic E-state index is 11.8. The molecule has 5 heteroatoms. The summed E-state index contributed by atoms with van der Waals surface area (Å²) in [6, 6.07) is 4.95. The Hall–Kier alpha value is -2.04. The molecule has 1 heterocycles. The molecule has 0 saturated carbocycles. The molecule has 19 heavy (non-hydrogen) atoms. The average molecular weight is 263 g/mol. The number of hydrogen-bond donors (Lipinski definition) is 1. The van der Waals surface area contributed by atoms with Crippen LogP contribution in [-0.2, 0) is 4.79 Å². The van der Waals surface area contributed by atoms with E-state index < -0.39 is 6.10 Å². The van der Waals surface area contributed by atoms with Gasteiger partial charge in [0.05, 0.1) is 12.7 Å². The van der Waals surface area contributed by atoms with E-state index in [4.69, 9.17) is 9.47 Å². The van der Waals surface area contributed by atoms with Crippen LogP contribution in [0.2, 0.25) is 0 Å². The number of methoxy groups -OCH3 is 1. The third kappa shape index (κ3) is 3.24. The van der Waals surface area contributed by atoms with E-state index in [-0.39, 0.29) is 5.91 Å². The van der Waals surface area contributed by atoms with Crippen LogP contribution >= 0.6 is 0 Å². The quantitative estimate of drug-likeness (QED) is 0.837. The van der Waals surface area contributed by atoms with Gasteiger partial charge in [-0.05, 0) is 37.5 Å². The molecule has 1 aliphatic heterocycles. The van der Waals surface area contributed by atoms with Gasteiger partial charge in [0.15, 0.2) is 12.4 Å². The molecule has 102 valence electrons. The molecule has 1 N–H and O–H groups in total. The predicted molar refractivity (Wildman–Crippen MR) is 69.7 cm³/mol. The Labute approximate surface area is 111 Å². The number of aldehydes is 1. The number of carbonyl (C=O) groups is 2. The number of nitrogens with one attached hydrogen (secondary N) is 1. The van der Waals surface area contributed by atoms with Crippen molar-refractivity contribution in [3.05, 3.63) is 23.8 Å². The Kier molecular flexibility index (Phi) is 4.39. The van der Waals surface area contributed by atoms with Crippen LogP contribution in [0.5, 0.6) is 11.5 Å². The number of carbonyl (C=O) groups excluding carboxylic acids is 2. The summed E-state index contributed by atoms with van der Waals surface area (Å²) in [6.45, 7) is 0.682. The minimum absolute atomic E-state index is 0.120. The number of ether oxygens (including phenoxy) is 2. The van der Waals surface area contributed by atoms with Crippen molar-refractivity contribution in [2.75, 3.05) is 13.7 Å². The van der Waals surface area contributed by atoms with Gasteiger partial charge in [-0.15, -0.1) is 0 Å². The average Bonchev–Trinajstić information content (AvgIpc) is 2.64. The van der Waals surface area contributed by atoms with Crippen LogP contribution in [0, 0.1) is 0 Å². The highest BCUT2D eigenvalue weighted by atomic mass is 16.5. The fourth-order valence-electron chi connectivity index (χ4n) is 2.03. The monoisotopic (exact) mass is 263 g/mol. The van der Waals surface area contributed by atoms with Crippen LogP contribution < -0.4 is 14.8 Å². The number of hydrogen-bond acceptors (Lipinski definition) is 4. The summed E-state index contributed by atoms with van der Waals surface area (Å²) in [7, 11) is 1.53. The van der Waals surface area contributed by atoms with Crippen molar-refractivity contribution in [3.63, 3.8) is 0 Å². The lowest BCUT2D eigenvalue weighted by Crippen LogP contribution is -2.36. The van der Waals surface area contributed by atoms with E-state index in [0.717, 1.165) is 12.8 Å². The van der Waals surface area contributed by atoms with Gasteiger partial charge in [0.25, 0.3) is 5.91 Å². The minimum Gasteiger partial charge on any atom is -0.497 e. The molecule has 1 aliphatic rings. The third-order valence-electron chi connectivity index (χ3n) is 3.10. The zero-order chi connectivity index (χ0) is 13.7. The van der Waals surface area contributed by atoms with Gasteiger partial charge in [-0.25, -0.2) is 0 Å². The van der Waals surface area contributed by atoms with Crippen molar-refractivity contribution < 1.29 is 19.1 Å². The molecule has 0 aliphatic carbocycles. The normalized spacial score (nSPS) is 19.2. The number of benzene rings is 1. The van der Waals surface area contributed by atoms with Gasteiger partial charge < -0.3 is 14.8 Å². The Balaban J connectivity index is 2.17. The van der Waals surface area contributed by atoms with E-state index in [2.05, 4.69) is 5.32 Å². The Morgan fingerprint density at radius 3 is 2.95 bits per heavy atom. The van der Waals surface area contributed by atoms with Crippen molar-refractivity contribution in [2.45, 2.75) is 25.4 Å². The van der Waals surface area contributed by atoms with Crippen molar-refractivity contribution in [2.24, 2.45) is 0 Å². The fraction of sp³-hybridized carbons (Fsp3) is 0.429. The van der Waals surface area contributed by atoms with Crippen LogP contribution in [-0.4, -0.2) is 32.0 Å². The van der Waals surface area contributed by atoms with Gasteiger partial charge in [0, 0.05) is 6.54 Å². The van der Waals surface area contributed by atoms with E-state index in [1.165, 1.54) is 7.11 Å². The molecule has 1 atom stereocenters. The lowest BCUT2D eigenvalue weighted by Gasteiger charge is -2.17. The van der Waals surface area contributed by atoms with Crippen LogP contribution in [0.4, 0.5) is 0 Å². The topological polar surface area (TPSA) is 64.6 Å². The summed E-state index contributed by atoms with van der Waals surface area (Å²) < 4.78 is 10.7. The van der Waals surface area contributed by atoms with Crippen molar-refractivity contribution in [3.8, 4) is 11.5 Å². The highest BCUT2D eigenvalue weighted by Gasteiger charge is 2.23. The molecule has 0 spiro atoms. The molecule has 1 aromatic rings. The molecule has 1 saturated heterocycles. The Morgan fingerprint density at radius 2 is 2.21 bits per heavy atom. The molecule has 5 nitrogen and oxygen atoms in total. The fourth-order valence-corrected chi connectivity index (χ4v) is 2.03. The zero-order valence-corrected chi connectivity index (χ0v) is 10.8. The third-order valence-corrected chi connectivity index (χ3v) is 3.10. The second kappa shape index (κ2) is 6.22. The first-order valence-electron chi connectivity index (χ1n) is 6.32. The second-order valence-corrected chi connectivity index (χ2v) is 4.41. The van der Waals surface area contributed by atoms with E-state index in [1.54, 1.807) is 18.2 Å². The lowest BCUT2D eigenvalue weighted by molar-refractivity contribution is -0.127. The predicted octanol–water partition coefficient (Wildman–Crippen LogP) is 1.56. The maximum atomic E-state index is 11.8. The summed E-state index contributed by atoms with van der Waals surface area (Å²) in [4.78, 5) is 22.8. The molecule has 0 aromatic heterocycles. The molecule has 1 aromatic carbocycles. The molecule has 1 unspecified atom stereocenters. The van der Waals surface area contributed by atoms with Gasteiger partial charge in [0.1, 0.15) is 11.5 Å². The summed E-state index contributed by atoms with van der Waals surface area (Å²) in [5.41, 5.74) is 0.386. The largest absolute Gasteiger partial charge is 0.497 e. The van der Waals surface area contributed by atoms with Crippen LogP contribution in [0.15, 0.2) is 18.2 Å². The van der Waals surface area contributed by atoms with Crippen LogP contribution in [0.1, 0.15) is 29.6 Å². The first-order chi connectivity index (χ1) is 9.24. The second-order valence-electron chi connectivity index (χ2n) is 4.41. The van der Waals surface area contributed by atoms with Gasteiger partial charge in [-0.2, -0.15) is 0 Å². The maximum Gasteiger partial charge on any atom is 0.261 e.